The van der Waals surface area contributed by atoms with Gasteiger partial charge in [-0.05, 0) is 18.2 Å². The summed E-state index contributed by atoms with van der Waals surface area (Å²) in [6.45, 7) is 0. The molecule has 0 aliphatic heterocycles. The van der Waals surface area contributed by atoms with Crippen molar-refractivity contribution in [2.24, 2.45) is 5.84 Å². The van der Waals surface area contributed by atoms with Gasteiger partial charge in [-0.2, -0.15) is 0 Å². The Labute approximate surface area is 124 Å². The zero-order chi connectivity index (χ0) is 15.0. The van der Waals surface area contributed by atoms with Gasteiger partial charge in [0.15, 0.2) is 11.4 Å². The van der Waals surface area contributed by atoms with Crippen molar-refractivity contribution in [2.75, 3.05) is 0 Å². The monoisotopic (exact) mass is 308 g/mol. The first-order valence-electron chi connectivity index (χ1n) is 6.20. The van der Waals surface area contributed by atoms with Crippen molar-refractivity contribution in [3.63, 3.8) is 0 Å². The minimum absolute atomic E-state index is 0.0185. The third kappa shape index (κ3) is 2.40. The van der Waals surface area contributed by atoms with Crippen LogP contribution in [0.2, 0.25) is 5.02 Å². The molecule has 0 aliphatic carbocycles. The molecule has 0 radical (unpaired) electrons. The first-order chi connectivity index (χ1) is 10.1. The maximum absolute atomic E-state index is 14.1. The molecule has 1 atom stereocenters. The van der Waals surface area contributed by atoms with Gasteiger partial charge in [-0.15, -0.1) is 0 Å². The van der Waals surface area contributed by atoms with Gasteiger partial charge in [0.05, 0.1) is 5.02 Å². The van der Waals surface area contributed by atoms with Crippen molar-refractivity contribution in [2.45, 2.75) is 6.04 Å². The zero-order valence-corrected chi connectivity index (χ0v) is 11.5. The molecule has 1 unspecified atom stereocenters. The fourth-order valence-electron chi connectivity index (χ4n) is 2.26. The number of nitrogens with two attached hydrogens (primary N) is 1. The molecule has 108 valence electrons. The molecule has 21 heavy (non-hydrogen) atoms. The van der Waals surface area contributed by atoms with Crippen LogP contribution in [0.1, 0.15) is 17.4 Å². The zero-order valence-electron chi connectivity index (χ0n) is 10.7. The summed E-state index contributed by atoms with van der Waals surface area (Å²) in [5.41, 5.74) is 2.80. The summed E-state index contributed by atoms with van der Waals surface area (Å²) < 4.78 is 33.3. The number of hydrazine groups is 1. The molecule has 0 spiro atoms. The van der Waals surface area contributed by atoms with Crippen LogP contribution in [0.5, 0.6) is 0 Å². The standard InChI is InChI=1S/C15H11ClF2N2O/c16-10-5-2-4-9(13(10)18)14(20-19)12-7-8-3-1-6-11(17)15(8)21-12/h1-7,14,20H,19H2. The van der Waals surface area contributed by atoms with Gasteiger partial charge in [0.1, 0.15) is 17.6 Å². The van der Waals surface area contributed by atoms with E-state index in [0.29, 0.717) is 11.1 Å². The Morgan fingerprint density at radius 1 is 1.14 bits per heavy atom. The number of furan rings is 1. The topological polar surface area (TPSA) is 51.2 Å². The third-order valence-electron chi connectivity index (χ3n) is 3.26. The number of para-hydroxylation sites is 1. The van der Waals surface area contributed by atoms with E-state index in [1.54, 1.807) is 24.3 Å². The van der Waals surface area contributed by atoms with Crippen LogP contribution in [-0.4, -0.2) is 0 Å². The van der Waals surface area contributed by atoms with Gasteiger partial charge in [0.25, 0.3) is 0 Å². The minimum atomic E-state index is -0.768. The van der Waals surface area contributed by atoms with E-state index in [-0.39, 0.29) is 16.2 Å². The van der Waals surface area contributed by atoms with Gasteiger partial charge >= 0.3 is 0 Å². The van der Waals surface area contributed by atoms with Crippen molar-refractivity contribution < 1.29 is 13.2 Å². The molecule has 3 aromatic rings. The molecule has 2 aromatic carbocycles. The Balaban J connectivity index is 2.14. The van der Waals surface area contributed by atoms with E-state index in [4.69, 9.17) is 21.9 Å². The van der Waals surface area contributed by atoms with Crippen LogP contribution in [0.4, 0.5) is 8.78 Å². The molecule has 3 N–H and O–H groups in total. The average molecular weight is 309 g/mol. The molecule has 0 saturated carbocycles. The van der Waals surface area contributed by atoms with Gasteiger partial charge in [-0.1, -0.05) is 35.9 Å². The van der Waals surface area contributed by atoms with E-state index in [9.17, 15) is 8.78 Å². The molecular formula is C15H11ClF2N2O. The van der Waals surface area contributed by atoms with Crippen LogP contribution >= 0.6 is 11.6 Å². The maximum Gasteiger partial charge on any atom is 0.169 e. The lowest BCUT2D eigenvalue weighted by atomic mass is 10.0. The molecule has 0 fully saturated rings. The summed E-state index contributed by atoms with van der Waals surface area (Å²) in [6, 6.07) is 9.99. The molecule has 0 bridgehead atoms. The lowest BCUT2D eigenvalue weighted by Gasteiger charge is -2.15. The van der Waals surface area contributed by atoms with Gasteiger partial charge in [-0.25, -0.2) is 14.2 Å². The number of hydrogen-bond donors (Lipinski definition) is 2. The largest absolute Gasteiger partial charge is 0.456 e. The number of nitrogens with one attached hydrogen (secondary N) is 1. The third-order valence-corrected chi connectivity index (χ3v) is 3.55. The Morgan fingerprint density at radius 2 is 1.90 bits per heavy atom. The molecular weight excluding hydrogens is 298 g/mol. The molecule has 1 heterocycles. The lowest BCUT2D eigenvalue weighted by Crippen LogP contribution is -2.29. The smallest absolute Gasteiger partial charge is 0.169 e. The van der Waals surface area contributed by atoms with Gasteiger partial charge in [-0.3, -0.25) is 5.84 Å². The van der Waals surface area contributed by atoms with Gasteiger partial charge in [0, 0.05) is 10.9 Å². The molecule has 1 aromatic heterocycles. The van der Waals surface area contributed by atoms with Crippen LogP contribution < -0.4 is 11.3 Å². The number of benzene rings is 2. The minimum Gasteiger partial charge on any atom is -0.456 e. The highest BCUT2D eigenvalue weighted by Gasteiger charge is 2.22. The summed E-state index contributed by atoms with van der Waals surface area (Å²) in [7, 11) is 0. The van der Waals surface area contributed by atoms with E-state index in [0.717, 1.165) is 0 Å². The highest BCUT2D eigenvalue weighted by Crippen LogP contribution is 2.32. The Kier molecular flexibility index (Phi) is 3.63. The van der Waals surface area contributed by atoms with Gasteiger partial charge in [0.2, 0.25) is 0 Å². The summed E-state index contributed by atoms with van der Waals surface area (Å²) >= 11 is 5.77. The summed E-state index contributed by atoms with van der Waals surface area (Å²) in [4.78, 5) is 0. The van der Waals surface area contributed by atoms with Crippen LogP contribution in [0.3, 0.4) is 0 Å². The fourth-order valence-corrected chi connectivity index (χ4v) is 2.44. The van der Waals surface area contributed by atoms with E-state index in [2.05, 4.69) is 5.43 Å². The first kappa shape index (κ1) is 14.0. The number of rotatable bonds is 3. The van der Waals surface area contributed by atoms with Crippen molar-refractivity contribution >= 4 is 22.6 Å². The SMILES string of the molecule is NNC(c1cc2cccc(F)c2o1)c1cccc(Cl)c1F. The van der Waals surface area contributed by atoms with Crippen molar-refractivity contribution in [1.82, 2.24) is 5.43 Å². The molecule has 0 aliphatic rings. The first-order valence-corrected chi connectivity index (χ1v) is 6.57. The van der Waals surface area contributed by atoms with Gasteiger partial charge < -0.3 is 4.42 Å². The van der Waals surface area contributed by atoms with Crippen LogP contribution in [0, 0.1) is 11.6 Å². The van der Waals surface area contributed by atoms with Crippen molar-refractivity contribution in [3.8, 4) is 0 Å². The summed E-state index contributed by atoms with van der Waals surface area (Å²) in [5, 5.41) is 0.558. The maximum atomic E-state index is 14.1. The number of hydrogen-bond acceptors (Lipinski definition) is 3. The molecule has 3 rings (SSSR count). The predicted octanol–water partition coefficient (Wildman–Crippen LogP) is 3.92. The van der Waals surface area contributed by atoms with Crippen molar-refractivity contribution in [3.05, 3.63) is 70.4 Å². The summed E-state index contributed by atoms with van der Waals surface area (Å²) in [5.74, 6) is 4.73. The average Bonchev–Trinajstić information content (AvgIpc) is 2.89. The van der Waals surface area contributed by atoms with Crippen LogP contribution in [0.25, 0.3) is 11.0 Å². The van der Waals surface area contributed by atoms with Crippen molar-refractivity contribution in [1.29, 1.82) is 0 Å². The second-order valence-corrected chi connectivity index (χ2v) is 4.96. The predicted molar refractivity (Wildman–Crippen MR) is 76.7 cm³/mol. The highest BCUT2D eigenvalue weighted by atomic mass is 35.5. The van der Waals surface area contributed by atoms with E-state index < -0.39 is 17.7 Å². The molecule has 0 amide bonds. The fraction of sp³-hybridized carbons (Fsp3) is 0.0667. The molecule has 3 nitrogen and oxygen atoms in total. The van der Waals surface area contributed by atoms with E-state index in [1.807, 2.05) is 0 Å². The lowest BCUT2D eigenvalue weighted by molar-refractivity contribution is 0.453. The Bertz CT molecular complexity index is 803. The van der Waals surface area contributed by atoms with E-state index >= 15 is 0 Å². The number of fused-ring (bicyclic) bond motifs is 1. The Hall–Kier alpha value is -1.95. The second-order valence-electron chi connectivity index (χ2n) is 4.55. The molecule has 0 saturated heterocycles. The van der Waals surface area contributed by atoms with E-state index in [1.165, 1.54) is 18.2 Å². The highest BCUT2D eigenvalue weighted by molar-refractivity contribution is 6.30. The Morgan fingerprint density at radius 3 is 2.62 bits per heavy atom. The number of halogens is 3. The van der Waals surface area contributed by atoms with Crippen LogP contribution in [-0.2, 0) is 0 Å². The molecule has 6 heteroatoms. The second kappa shape index (κ2) is 5.44. The van der Waals surface area contributed by atoms with Crippen LogP contribution in [0.15, 0.2) is 46.9 Å². The summed E-state index contributed by atoms with van der Waals surface area (Å²) in [6.07, 6.45) is 0. The quantitative estimate of drug-likeness (QED) is 0.569. The normalized spacial score (nSPS) is 12.8.